The monoisotopic (exact) mass is 339 g/mol. The standard InChI is InChI=1S/C14H31N.C2H6O4S/c1-4-7-10-13-14(15,11-8-5-2)12-9-6-3;1-2-6-7(3,4)5/h4-13,15H2,1-3H3;2H2,1H3,(H,3,4,5). The molecule has 0 aromatic rings. The fraction of sp³-hybridized carbons (Fsp3) is 1.00. The minimum absolute atomic E-state index is 0.0289. The molecule has 0 bridgehead atoms. The van der Waals surface area contributed by atoms with E-state index in [9.17, 15) is 8.42 Å². The summed E-state index contributed by atoms with van der Waals surface area (Å²) in [5.41, 5.74) is 6.66. The van der Waals surface area contributed by atoms with E-state index in [2.05, 4.69) is 25.0 Å². The summed E-state index contributed by atoms with van der Waals surface area (Å²) in [6.07, 6.45) is 12.8. The van der Waals surface area contributed by atoms with E-state index in [1.165, 1.54) is 71.1 Å². The molecule has 0 fully saturated rings. The molecule has 0 saturated heterocycles. The Morgan fingerprint density at radius 1 is 0.864 bits per heavy atom. The van der Waals surface area contributed by atoms with Gasteiger partial charge in [0.15, 0.2) is 0 Å². The highest BCUT2D eigenvalue weighted by Gasteiger charge is 2.22. The Hall–Kier alpha value is -0.170. The van der Waals surface area contributed by atoms with E-state index in [0.29, 0.717) is 0 Å². The first kappa shape index (κ1) is 24.1. The van der Waals surface area contributed by atoms with Gasteiger partial charge in [-0.2, -0.15) is 8.42 Å². The highest BCUT2D eigenvalue weighted by molar-refractivity contribution is 7.80. The zero-order valence-electron chi connectivity index (χ0n) is 14.9. The molecule has 136 valence electrons. The van der Waals surface area contributed by atoms with Gasteiger partial charge < -0.3 is 5.73 Å². The van der Waals surface area contributed by atoms with Crippen LogP contribution in [0.3, 0.4) is 0 Å². The normalized spacial score (nSPS) is 11.9. The summed E-state index contributed by atoms with van der Waals surface area (Å²) in [5, 5.41) is 0. The van der Waals surface area contributed by atoms with Gasteiger partial charge in [0.2, 0.25) is 0 Å². The van der Waals surface area contributed by atoms with Gasteiger partial charge in [-0.25, -0.2) is 4.18 Å². The maximum atomic E-state index is 9.56. The lowest BCUT2D eigenvalue weighted by Gasteiger charge is -2.29. The minimum Gasteiger partial charge on any atom is -0.325 e. The Morgan fingerprint density at radius 2 is 1.27 bits per heavy atom. The van der Waals surface area contributed by atoms with E-state index in [4.69, 9.17) is 10.3 Å². The van der Waals surface area contributed by atoms with Crippen LogP contribution in [0.1, 0.15) is 91.9 Å². The smallest absolute Gasteiger partial charge is 0.325 e. The SMILES string of the molecule is CCCCCC(N)(CCCC)CCCC.CCOS(=O)(=O)O. The number of unbranched alkanes of at least 4 members (excludes halogenated alkanes) is 4. The van der Waals surface area contributed by atoms with Crippen LogP contribution in [0.2, 0.25) is 0 Å². The van der Waals surface area contributed by atoms with Crippen LogP contribution in [-0.4, -0.2) is 25.1 Å². The van der Waals surface area contributed by atoms with Gasteiger partial charge in [-0.15, -0.1) is 0 Å². The lowest BCUT2D eigenvalue weighted by Crippen LogP contribution is -2.39. The minimum atomic E-state index is -4.17. The van der Waals surface area contributed by atoms with Gasteiger partial charge in [0.05, 0.1) is 6.61 Å². The fourth-order valence-corrected chi connectivity index (χ4v) is 2.61. The molecule has 0 saturated carbocycles. The highest BCUT2D eigenvalue weighted by atomic mass is 32.3. The van der Waals surface area contributed by atoms with Crippen molar-refractivity contribution >= 4 is 10.4 Å². The number of rotatable bonds is 12. The third kappa shape index (κ3) is 17.9. The van der Waals surface area contributed by atoms with Gasteiger partial charge in [-0.3, -0.25) is 4.55 Å². The average molecular weight is 340 g/mol. The van der Waals surface area contributed by atoms with Crippen LogP contribution in [0, 0.1) is 0 Å². The van der Waals surface area contributed by atoms with E-state index in [0.717, 1.165) is 0 Å². The molecule has 3 N–H and O–H groups in total. The Labute approximate surface area is 138 Å². The van der Waals surface area contributed by atoms with E-state index < -0.39 is 10.4 Å². The van der Waals surface area contributed by atoms with Crippen LogP contribution in [0.15, 0.2) is 0 Å². The largest absolute Gasteiger partial charge is 0.397 e. The van der Waals surface area contributed by atoms with Crippen LogP contribution >= 0.6 is 0 Å². The Bertz CT molecular complexity index is 323. The molecule has 5 nitrogen and oxygen atoms in total. The lowest BCUT2D eigenvalue weighted by molar-refractivity contribution is 0.283. The zero-order chi connectivity index (χ0) is 17.5. The van der Waals surface area contributed by atoms with Gasteiger partial charge in [-0.05, 0) is 26.2 Å². The summed E-state index contributed by atoms with van der Waals surface area (Å²) in [6, 6.07) is 0. The summed E-state index contributed by atoms with van der Waals surface area (Å²) in [7, 11) is -4.17. The fourth-order valence-electron chi connectivity index (χ4n) is 2.31. The van der Waals surface area contributed by atoms with Gasteiger partial charge in [-0.1, -0.05) is 65.7 Å². The maximum absolute atomic E-state index is 9.56. The van der Waals surface area contributed by atoms with E-state index in [1.54, 1.807) is 0 Å². The van der Waals surface area contributed by atoms with Gasteiger partial charge in [0.1, 0.15) is 0 Å². The topological polar surface area (TPSA) is 89.6 Å². The lowest BCUT2D eigenvalue weighted by atomic mass is 9.83. The summed E-state index contributed by atoms with van der Waals surface area (Å²) >= 11 is 0. The van der Waals surface area contributed by atoms with Crippen molar-refractivity contribution in [1.82, 2.24) is 0 Å². The third-order valence-electron chi connectivity index (χ3n) is 3.60. The van der Waals surface area contributed by atoms with E-state index >= 15 is 0 Å². The number of hydrogen-bond acceptors (Lipinski definition) is 4. The Balaban J connectivity index is 0. The molecule has 0 radical (unpaired) electrons. The summed E-state index contributed by atoms with van der Waals surface area (Å²) in [6.45, 7) is 8.21. The molecule has 0 aliphatic heterocycles. The van der Waals surface area contributed by atoms with Crippen molar-refractivity contribution in [2.75, 3.05) is 6.61 Å². The number of hydrogen-bond donors (Lipinski definition) is 2. The molecule has 22 heavy (non-hydrogen) atoms. The van der Waals surface area contributed by atoms with Crippen molar-refractivity contribution in [3.63, 3.8) is 0 Å². The molecule has 0 aromatic heterocycles. The first-order chi connectivity index (χ1) is 10.2. The van der Waals surface area contributed by atoms with Crippen LogP contribution in [0.5, 0.6) is 0 Å². The molecular weight excluding hydrogens is 302 g/mol. The summed E-state index contributed by atoms with van der Waals surface area (Å²) in [5.74, 6) is 0. The molecule has 0 aromatic carbocycles. The van der Waals surface area contributed by atoms with Crippen LogP contribution in [-0.2, 0) is 14.6 Å². The van der Waals surface area contributed by atoms with Gasteiger partial charge in [0.25, 0.3) is 0 Å². The van der Waals surface area contributed by atoms with Crippen molar-refractivity contribution in [1.29, 1.82) is 0 Å². The van der Waals surface area contributed by atoms with E-state index in [-0.39, 0.29) is 12.1 Å². The first-order valence-electron chi connectivity index (χ1n) is 8.65. The third-order valence-corrected chi connectivity index (χ3v) is 4.14. The van der Waals surface area contributed by atoms with Crippen molar-refractivity contribution in [3.05, 3.63) is 0 Å². The second-order valence-electron chi connectivity index (χ2n) is 5.86. The summed E-state index contributed by atoms with van der Waals surface area (Å²) in [4.78, 5) is 0. The zero-order valence-corrected chi connectivity index (χ0v) is 15.8. The predicted molar refractivity (Wildman–Crippen MR) is 93.3 cm³/mol. The predicted octanol–water partition coefficient (Wildman–Crippen LogP) is 4.47. The first-order valence-corrected chi connectivity index (χ1v) is 10.0. The average Bonchev–Trinajstić information content (AvgIpc) is 2.43. The van der Waals surface area contributed by atoms with Crippen molar-refractivity contribution in [3.8, 4) is 0 Å². The molecule has 0 rings (SSSR count). The summed E-state index contributed by atoms with van der Waals surface area (Å²) < 4.78 is 30.7. The second kappa shape index (κ2) is 14.4. The van der Waals surface area contributed by atoms with Gasteiger partial charge in [0, 0.05) is 5.54 Å². The molecule has 0 unspecified atom stereocenters. The molecule has 0 aliphatic rings. The van der Waals surface area contributed by atoms with Crippen molar-refractivity contribution in [2.45, 2.75) is 97.4 Å². The molecule has 0 amide bonds. The molecule has 0 atom stereocenters. The number of nitrogens with two attached hydrogens (primary N) is 1. The molecule has 6 heteroatoms. The van der Waals surface area contributed by atoms with Crippen LogP contribution < -0.4 is 5.73 Å². The van der Waals surface area contributed by atoms with Crippen LogP contribution in [0.4, 0.5) is 0 Å². The van der Waals surface area contributed by atoms with Crippen LogP contribution in [0.25, 0.3) is 0 Å². The molecule has 0 spiro atoms. The highest BCUT2D eigenvalue weighted by Crippen LogP contribution is 2.25. The molecule has 0 heterocycles. The molecule has 0 aliphatic carbocycles. The van der Waals surface area contributed by atoms with Gasteiger partial charge >= 0.3 is 10.4 Å². The van der Waals surface area contributed by atoms with E-state index in [1.807, 2.05) is 0 Å². The quantitative estimate of drug-likeness (QED) is 0.404. The maximum Gasteiger partial charge on any atom is 0.397 e. The second-order valence-corrected chi connectivity index (χ2v) is 6.95. The van der Waals surface area contributed by atoms with Crippen molar-refractivity contribution in [2.24, 2.45) is 5.73 Å². The van der Waals surface area contributed by atoms with Crippen molar-refractivity contribution < 1.29 is 17.2 Å². The Kier molecular flexibility index (Phi) is 15.8. The Morgan fingerprint density at radius 3 is 1.55 bits per heavy atom. The molecular formula is C16H37NO4S.